The molecule has 1 fully saturated rings. The van der Waals surface area contributed by atoms with E-state index >= 15 is 0 Å². The van der Waals surface area contributed by atoms with Crippen molar-refractivity contribution in [3.05, 3.63) is 23.8 Å². The Morgan fingerprint density at radius 3 is 2.79 bits per heavy atom. The Hall–Kier alpha value is -1.71. The van der Waals surface area contributed by atoms with Gasteiger partial charge in [0.15, 0.2) is 0 Å². The van der Waals surface area contributed by atoms with Gasteiger partial charge in [0.1, 0.15) is 0 Å². The van der Waals surface area contributed by atoms with E-state index < -0.39 is 0 Å². The van der Waals surface area contributed by atoms with Gasteiger partial charge in [-0.2, -0.15) is 0 Å². The van der Waals surface area contributed by atoms with Crippen LogP contribution in [0.25, 0.3) is 0 Å². The third kappa shape index (κ3) is 3.00. The summed E-state index contributed by atoms with van der Waals surface area (Å²) in [7, 11) is 2.03. The average Bonchev–Trinajstić information content (AvgIpc) is 2.34. The first-order chi connectivity index (χ1) is 9.13. The zero-order valence-electron chi connectivity index (χ0n) is 11.7. The van der Waals surface area contributed by atoms with E-state index in [1.807, 2.05) is 19.2 Å². The van der Waals surface area contributed by atoms with Crippen molar-refractivity contribution < 1.29 is 9.53 Å². The fourth-order valence-electron chi connectivity index (χ4n) is 2.43. The van der Waals surface area contributed by atoms with Crippen molar-refractivity contribution in [2.24, 2.45) is 5.92 Å². The molecular weight excluding hydrogens is 240 g/mol. The second-order valence-corrected chi connectivity index (χ2v) is 5.14. The molecule has 0 heterocycles. The minimum absolute atomic E-state index is 0.348. The van der Waals surface area contributed by atoms with Crippen molar-refractivity contribution in [1.82, 2.24) is 0 Å². The number of hydrogen-bond donors (Lipinski definition) is 1. The van der Waals surface area contributed by atoms with Gasteiger partial charge in [0.05, 0.1) is 23.5 Å². The zero-order valence-corrected chi connectivity index (χ0v) is 11.7. The van der Waals surface area contributed by atoms with Crippen LogP contribution < -0.4 is 10.6 Å². The fraction of sp³-hybridized carbons (Fsp3) is 0.533. The largest absolute Gasteiger partial charge is 0.462 e. The quantitative estimate of drug-likeness (QED) is 0.654. The van der Waals surface area contributed by atoms with Crippen LogP contribution in [0.2, 0.25) is 0 Å². The number of nitrogen functional groups attached to an aromatic ring is 1. The summed E-state index contributed by atoms with van der Waals surface area (Å²) < 4.78 is 5.02. The number of carbonyl (C=O) groups excluding carboxylic acids is 1. The Labute approximate surface area is 114 Å². The van der Waals surface area contributed by atoms with Gasteiger partial charge in [-0.25, -0.2) is 4.79 Å². The molecule has 0 atom stereocenters. The maximum absolute atomic E-state index is 11.8. The summed E-state index contributed by atoms with van der Waals surface area (Å²) in [5.74, 6) is 0.412. The first-order valence-electron chi connectivity index (χ1n) is 6.90. The fourth-order valence-corrected chi connectivity index (χ4v) is 2.43. The van der Waals surface area contributed by atoms with E-state index in [2.05, 4.69) is 4.90 Å². The molecule has 2 rings (SSSR count). The molecule has 0 spiro atoms. The Balaban J connectivity index is 2.15. The highest BCUT2D eigenvalue weighted by molar-refractivity contribution is 5.98. The van der Waals surface area contributed by atoms with Crippen LogP contribution in [-0.4, -0.2) is 26.2 Å². The van der Waals surface area contributed by atoms with Crippen molar-refractivity contribution in [3.8, 4) is 0 Å². The van der Waals surface area contributed by atoms with E-state index in [1.165, 1.54) is 19.3 Å². The monoisotopic (exact) mass is 262 g/mol. The van der Waals surface area contributed by atoms with E-state index in [1.54, 1.807) is 13.0 Å². The van der Waals surface area contributed by atoms with E-state index in [-0.39, 0.29) is 5.97 Å². The molecule has 0 amide bonds. The summed E-state index contributed by atoms with van der Waals surface area (Å²) in [5, 5.41) is 0. The molecular formula is C15H22N2O2. The summed E-state index contributed by atoms with van der Waals surface area (Å²) in [6, 6.07) is 5.53. The number of ether oxygens (including phenoxy) is 1. The summed E-state index contributed by atoms with van der Waals surface area (Å²) >= 11 is 0. The first-order valence-corrected chi connectivity index (χ1v) is 6.90. The standard InChI is InChI=1S/C15H22N2O2/c1-3-19-15(18)12-8-5-9-13(14(12)16)17(2)10-11-6-4-7-11/h5,8-9,11H,3-4,6-7,10,16H2,1-2H3. The second kappa shape index (κ2) is 5.95. The Morgan fingerprint density at radius 2 is 2.21 bits per heavy atom. The molecule has 104 valence electrons. The van der Waals surface area contributed by atoms with E-state index in [9.17, 15) is 4.79 Å². The summed E-state index contributed by atoms with van der Waals surface area (Å²) in [4.78, 5) is 13.9. The highest BCUT2D eigenvalue weighted by Crippen LogP contribution is 2.31. The van der Waals surface area contributed by atoms with Crippen LogP contribution >= 0.6 is 0 Å². The molecule has 1 aromatic rings. The predicted octanol–water partition coefficient (Wildman–Crippen LogP) is 2.68. The Kier molecular flexibility index (Phi) is 4.30. The van der Waals surface area contributed by atoms with E-state index in [0.717, 1.165) is 18.2 Å². The van der Waals surface area contributed by atoms with Gasteiger partial charge < -0.3 is 15.4 Å². The molecule has 0 aliphatic heterocycles. The molecule has 0 bridgehead atoms. The van der Waals surface area contributed by atoms with Gasteiger partial charge in [0.25, 0.3) is 0 Å². The number of para-hydroxylation sites is 1. The van der Waals surface area contributed by atoms with Gasteiger partial charge in [-0.05, 0) is 37.8 Å². The molecule has 1 aliphatic rings. The second-order valence-electron chi connectivity index (χ2n) is 5.14. The Bertz CT molecular complexity index is 455. The van der Waals surface area contributed by atoms with Crippen molar-refractivity contribution in [1.29, 1.82) is 0 Å². The maximum Gasteiger partial charge on any atom is 0.340 e. The predicted molar refractivity (Wildman–Crippen MR) is 77.4 cm³/mol. The van der Waals surface area contributed by atoms with Gasteiger partial charge in [-0.15, -0.1) is 0 Å². The van der Waals surface area contributed by atoms with Crippen LogP contribution in [-0.2, 0) is 4.74 Å². The number of benzene rings is 1. The van der Waals surface area contributed by atoms with Crippen molar-refractivity contribution in [3.63, 3.8) is 0 Å². The summed E-state index contributed by atoms with van der Waals surface area (Å²) in [5.41, 5.74) is 8.00. The van der Waals surface area contributed by atoms with Gasteiger partial charge in [0, 0.05) is 13.6 Å². The van der Waals surface area contributed by atoms with Crippen molar-refractivity contribution in [2.45, 2.75) is 26.2 Å². The average molecular weight is 262 g/mol. The zero-order chi connectivity index (χ0) is 13.8. The lowest BCUT2D eigenvalue weighted by Crippen LogP contribution is -2.30. The number of carbonyl (C=O) groups is 1. The maximum atomic E-state index is 11.8. The van der Waals surface area contributed by atoms with Crippen LogP contribution in [0.5, 0.6) is 0 Å². The number of hydrogen-bond acceptors (Lipinski definition) is 4. The molecule has 0 unspecified atom stereocenters. The van der Waals surface area contributed by atoms with Gasteiger partial charge in [0.2, 0.25) is 0 Å². The Morgan fingerprint density at radius 1 is 1.47 bits per heavy atom. The topological polar surface area (TPSA) is 55.6 Å². The van der Waals surface area contributed by atoms with Gasteiger partial charge in [-0.1, -0.05) is 12.5 Å². The van der Waals surface area contributed by atoms with Crippen LogP contribution in [0.15, 0.2) is 18.2 Å². The van der Waals surface area contributed by atoms with Crippen LogP contribution in [0, 0.1) is 5.92 Å². The molecule has 0 saturated heterocycles. The SMILES string of the molecule is CCOC(=O)c1cccc(N(C)CC2CCC2)c1N. The smallest absolute Gasteiger partial charge is 0.340 e. The molecule has 0 aromatic heterocycles. The van der Waals surface area contributed by atoms with E-state index in [0.29, 0.717) is 17.9 Å². The molecule has 2 N–H and O–H groups in total. The molecule has 1 aliphatic carbocycles. The van der Waals surface area contributed by atoms with E-state index in [4.69, 9.17) is 10.5 Å². The molecule has 0 radical (unpaired) electrons. The molecule has 4 heteroatoms. The number of nitrogens with two attached hydrogens (primary N) is 1. The lowest BCUT2D eigenvalue weighted by Gasteiger charge is -2.32. The number of rotatable bonds is 5. The highest BCUT2D eigenvalue weighted by atomic mass is 16.5. The lowest BCUT2D eigenvalue weighted by molar-refractivity contribution is 0.0527. The number of anilines is 2. The molecule has 4 nitrogen and oxygen atoms in total. The van der Waals surface area contributed by atoms with Crippen molar-refractivity contribution in [2.75, 3.05) is 30.8 Å². The highest BCUT2D eigenvalue weighted by Gasteiger charge is 2.21. The van der Waals surface area contributed by atoms with Crippen LogP contribution in [0.1, 0.15) is 36.5 Å². The van der Waals surface area contributed by atoms with Gasteiger partial charge in [-0.3, -0.25) is 0 Å². The minimum Gasteiger partial charge on any atom is -0.462 e. The number of esters is 1. The van der Waals surface area contributed by atoms with Crippen LogP contribution in [0.4, 0.5) is 11.4 Å². The van der Waals surface area contributed by atoms with Crippen LogP contribution in [0.3, 0.4) is 0 Å². The summed E-state index contributed by atoms with van der Waals surface area (Å²) in [6.07, 6.45) is 3.92. The summed E-state index contributed by atoms with van der Waals surface area (Å²) in [6.45, 7) is 3.15. The first kappa shape index (κ1) is 13.7. The minimum atomic E-state index is -0.348. The molecule has 19 heavy (non-hydrogen) atoms. The normalized spacial score (nSPS) is 14.8. The van der Waals surface area contributed by atoms with Gasteiger partial charge >= 0.3 is 5.97 Å². The lowest BCUT2D eigenvalue weighted by atomic mass is 9.85. The number of nitrogens with zero attached hydrogens (tertiary/aromatic N) is 1. The van der Waals surface area contributed by atoms with Crippen molar-refractivity contribution >= 4 is 17.3 Å². The third-order valence-electron chi connectivity index (χ3n) is 3.75. The molecule has 1 saturated carbocycles. The third-order valence-corrected chi connectivity index (χ3v) is 3.75. The molecule has 1 aromatic carbocycles.